The van der Waals surface area contributed by atoms with E-state index < -0.39 is 48.1 Å². The summed E-state index contributed by atoms with van der Waals surface area (Å²) in [5, 5.41) is 14.8. The number of nitrogens with two attached hydrogens (primary N) is 1. The SMILES string of the molecule is C[C@@H](NC(=O)[C@H]1N(C(=O)CNC(=O)c2ccc(C(F)(F)c3ccccc3)cc2)CCC12OCCO2)c1cc(C(=N)N)cs1. The summed E-state index contributed by atoms with van der Waals surface area (Å²) in [7, 11) is 0. The van der Waals surface area contributed by atoms with Gasteiger partial charge in [-0.25, -0.2) is 0 Å². The van der Waals surface area contributed by atoms with Crippen LogP contribution in [0, 0.1) is 5.41 Å². The first-order valence-corrected chi connectivity index (χ1v) is 14.5. The molecule has 13 heteroatoms. The van der Waals surface area contributed by atoms with Crippen LogP contribution in [0.15, 0.2) is 66.0 Å². The second-order valence-electron chi connectivity index (χ2n) is 10.3. The molecule has 2 aliphatic heterocycles. The molecule has 3 aromatic rings. The third-order valence-corrected chi connectivity index (χ3v) is 8.65. The maximum Gasteiger partial charge on any atom is 0.298 e. The van der Waals surface area contributed by atoms with Crippen molar-refractivity contribution in [1.82, 2.24) is 15.5 Å². The number of alkyl halides is 2. The van der Waals surface area contributed by atoms with Crippen LogP contribution in [0.2, 0.25) is 0 Å². The van der Waals surface area contributed by atoms with Crippen molar-refractivity contribution in [1.29, 1.82) is 5.41 Å². The van der Waals surface area contributed by atoms with Crippen LogP contribution in [0.1, 0.15) is 51.3 Å². The third kappa shape index (κ3) is 6.14. The number of ether oxygens (including phenoxy) is 2. The lowest BCUT2D eigenvalue weighted by Gasteiger charge is -2.33. The van der Waals surface area contributed by atoms with Crippen molar-refractivity contribution in [3.8, 4) is 0 Å². The molecule has 5 rings (SSSR count). The van der Waals surface area contributed by atoms with Gasteiger partial charge in [0.2, 0.25) is 11.8 Å². The first-order valence-electron chi connectivity index (χ1n) is 13.6. The van der Waals surface area contributed by atoms with Crippen LogP contribution >= 0.6 is 11.3 Å². The summed E-state index contributed by atoms with van der Waals surface area (Å²) >= 11 is 1.34. The van der Waals surface area contributed by atoms with Crippen LogP contribution < -0.4 is 16.4 Å². The number of hydrogen-bond donors (Lipinski definition) is 4. The smallest absolute Gasteiger partial charge is 0.298 e. The number of nitrogens with one attached hydrogen (secondary N) is 3. The summed E-state index contributed by atoms with van der Waals surface area (Å²) in [5.74, 6) is -6.27. The maximum absolute atomic E-state index is 14.9. The predicted molar refractivity (Wildman–Crippen MR) is 155 cm³/mol. The van der Waals surface area contributed by atoms with Gasteiger partial charge in [0.05, 0.1) is 25.8 Å². The topological polar surface area (TPSA) is 147 Å². The molecule has 0 saturated carbocycles. The highest BCUT2D eigenvalue weighted by molar-refractivity contribution is 7.10. The molecule has 10 nitrogen and oxygen atoms in total. The molecule has 0 bridgehead atoms. The molecule has 0 unspecified atom stereocenters. The fourth-order valence-electron chi connectivity index (χ4n) is 5.25. The molecular weight excluding hydrogens is 580 g/mol. The van der Waals surface area contributed by atoms with Crippen molar-refractivity contribution in [2.45, 2.75) is 37.1 Å². The van der Waals surface area contributed by atoms with Crippen molar-refractivity contribution < 1.29 is 32.6 Å². The van der Waals surface area contributed by atoms with Gasteiger partial charge in [-0.1, -0.05) is 42.5 Å². The minimum absolute atomic E-state index is 0.0802. The maximum atomic E-state index is 14.9. The lowest BCUT2D eigenvalue weighted by molar-refractivity contribution is -0.183. The van der Waals surface area contributed by atoms with Crippen molar-refractivity contribution in [2.24, 2.45) is 5.73 Å². The zero-order chi connectivity index (χ0) is 30.8. The number of rotatable bonds is 9. The summed E-state index contributed by atoms with van der Waals surface area (Å²) in [6, 6.07) is 12.4. The number of thiophene rings is 1. The molecule has 3 heterocycles. The van der Waals surface area contributed by atoms with Gasteiger partial charge >= 0.3 is 0 Å². The highest BCUT2D eigenvalue weighted by Gasteiger charge is 2.57. The normalized spacial score (nSPS) is 18.4. The first kappa shape index (κ1) is 30.3. The molecule has 2 atom stereocenters. The first-order chi connectivity index (χ1) is 20.5. The van der Waals surface area contributed by atoms with E-state index in [-0.39, 0.29) is 48.7 Å². The number of likely N-dealkylation sites (tertiary alicyclic amines) is 1. The van der Waals surface area contributed by atoms with Crippen LogP contribution in [0.5, 0.6) is 0 Å². The molecule has 226 valence electrons. The number of carbonyl (C=O) groups excluding carboxylic acids is 3. The van der Waals surface area contributed by atoms with Crippen molar-refractivity contribution in [3.05, 3.63) is 93.2 Å². The summed E-state index contributed by atoms with van der Waals surface area (Å²) < 4.78 is 41.4. The Labute approximate surface area is 250 Å². The van der Waals surface area contributed by atoms with Gasteiger partial charge in [-0.3, -0.25) is 19.8 Å². The molecule has 2 aliphatic rings. The Morgan fingerprint density at radius 1 is 1.09 bits per heavy atom. The van der Waals surface area contributed by atoms with Gasteiger partial charge < -0.3 is 30.7 Å². The summed E-state index contributed by atoms with van der Waals surface area (Å²) in [5.41, 5.74) is 5.77. The van der Waals surface area contributed by atoms with E-state index in [1.54, 1.807) is 24.4 Å². The Kier molecular flexibility index (Phi) is 8.58. The summed E-state index contributed by atoms with van der Waals surface area (Å²) in [4.78, 5) is 41.7. The second-order valence-corrected chi connectivity index (χ2v) is 11.3. The van der Waals surface area contributed by atoms with Gasteiger partial charge in [0.15, 0.2) is 11.8 Å². The minimum Gasteiger partial charge on any atom is -0.384 e. The van der Waals surface area contributed by atoms with Gasteiger partial charge in [0, 0.05) is 45.5 Å². The number of benzene rings is 2. The predicted octanol–water partition coefficient (Wildman–Crippen LogP) is 3.12. The van der Waals surface area contributed by atoms with E-state index in [1.807, 2.05) is 0 Å². The Morgan fingerprint density at radius 3 is 2.37 bits per heavy atom. The Hall–Kier alpha value is -4.20. The van der Waals surface area contributed by atoms with Crippen LogP contribution in [-0.4, -0.2) is 66.6 Å². The molecular formula is C30H31F2N5O5S. The molecule has 3 amide bonds. The van der Waals surface area contributed by atoms with E-state index in [9.17, 15) is 23.2 Å². The van der Waals surface area contributed by atoms with E-state index >= 15 is 0 Å². The summed E-state index contributed by atoms with van der Waals surface area (Å²) in [6.45, 7) is 2.05. The average molecular weight is 612 g/mol. The lowest BCUT2D eigenvalue weighted by Crippen LogP contribution is -2.57. The molecule has 0 radical (unpaired) electrons. The molecule has 5 N–H and O–H groups in total. The van der Waals surface area contributed by atoms with Crippen LogP contribution in [-0.2, 0) is 25.0 Å². The van der Waals surface area contributed by atoms with Gasteiger partial charge in [0.25, 0.3) is 11.8 Å². The molecule has 2 fully saturated rings. The van der Waals surface area contributed by atoms with Crippen molar-refractivity contribution in [3.63, 3.8) is 0 Å². The zero-order valence-electron chi connectivity index (χ0n) is 23.3. The molecule has 1 aromatic heterocycles. The molecule has 0 aliphatic carbocycles. The lowest BCUT2D eigenvalue weighted by atomic mass is 9.99. The van der Waals surface area contributed by atoms with Crippen LogP contribution in [0.4, 0.5) is 8.78 Å². The Balaban J connectivity index is 1.24. The number of carbonyl (C=O) groups is 3. The number of nitrogen functional groups attached to an aromatic ring is 1. The highest BCUT2D eigenvalue weighted by Crippen LogP contribution is 2.38. The van der Waals surface area contributed by atoms with Gasteiger partial charge in [-0.05, 0) is 25.1 Å². The van der Waals surface area contributed by atoms with E-state index in [4.69, 9.17) is 20.6 Å². The minimum atomic E-state index is -3.24. The van der Waals surface area contributed by atoms with E-state index in [2.05, 4.69) is 10.6 Å². The summed E-state index contributed by atoms with van der Waals surface area (Å²) in [6.07, 6.45) is 0.268. The van der Waals surface area contributed by atoms with Gasteiger partial charge in [-0.2, -0.15) is 8.78 Å². The monoisotopic (exact) mass is 611 g/mol. The van der Waals surface area contributed by atoms with Crippen molar-refractivity contribution in [2.75, 3.05) is 26.3 Å². The molecule has 2 aromatic carbocycles. The number of hydrogen-bond acceptors (Lipinski definition) is 7. The third-order valence-electron chi connectivity index (χ3n) is 7.54. The number of amidine groups is 1. The van der Waals surface area contributed by atoms with E-state index in [1.165, 1.54) is 64.8 Å². The fourth-order valence-corrected chi connectivity index (χ4v) is 6.17. The molecule has 43 heavy (non-hydrogen) atoms. The van der Waals surface area contributed by atoms with Crippen LogP contribution in [0.25, 0.3) is 0 Å². The second kappa shape index (κ2) is 12.2. The Bertz CT molecular complexity index is 1510. The molecule has 1 spiro atoms. The fraction of sp³-hybridized carbons (Fsp3) is 0.333. The standard InChI is InChI=1S/C30H31F2N5O5S/c1-18(23-15-20(17-43-23)26(33)34)36-28(40)25-29(41-13-14-42-29)11-12-37(25)24(38)16-35-27(39)19-7-9-22(10-8-19)30(31,32)21-5-3-2-4-6-21/h2-10,15,17-18,25H,11-14,16H2,1H3,(H3,33,34)(H,35,39)(H,36,40)/t18-,25-/m1/s1. The highest BCUT2D eigenvalue weighted by atomic mass is 32.1. The number of nitrogens with zero attached hydrogens (tertiary/aromatic N) is 1. The quantitative estimate of drug-likeness (QED) is 0.216. The number of halogens is 2. The van der Waals surface area contributed by atoms with Crippen LogP contribution in [0.3, 0.4) is 0 Å². The van der Waals surface area contributed by atoms with E-state index in [0.29, 0.717) is 5.56 Å². The van der Waals surface area contributed by atoms with E-state index in [0.717, 1.165) is 4.88 Å². The number of amides is 3. The zero-order valence-corrected chi connectivity index (χ0v) is 24.1. The largest absolute Gasteiger partial charge is 0.384 e. The average Bonchev–Trinajstić information content (AvgIpc) is 3.77. The molecule has 2 saturated heterocycles. The van der Waals surface area contributed by atoms with Gasteiger partial charge in [-0.15, -0.1) is 11.3 Å². The Morgan fingerprint density at radius 2 is 1.74 bits per heavy atom. The van der Waals surface area contributed by atoms with Gasteiger partial charge in [0.1, 0.15) is 5.84 Å². The van der Waals surface area contributed by atoms with Crippen molar-refractivity contribution >= 4 is 34.9 Å².